The number of ether oxygens (including phenoxy) is 2. The lowest BCUT2D eigenvalue weighted by atomic mass is 9.78. The van der Waals surface area contributed by atoms with Crippen LogP contribution in [0.3, 0.4) is 0 Å². The summed E-state index contributed by atoms with van der Waals surface area (Å²) in [5, 5.41) is 3.51. The van der Waals surface area contributed by atoms with Crippen LogP contribution < -0.4 is 19.7 Å². The Morgan fingerprint density at radius 3 is 2.19 bits per heavy atom. The van der Waals surface area contributed by atoms with Crippen molar-refractivity contribution in [1.82, 2.24) is 20.2 Å². The van der Waals surface area contributed by atoms with Crippen molar-refractivity contribution in [2.24, 2.45) is 5.41 Å². The highest BCUT2D eigenvalue weighted by atomic mass is 16.5. The number of amides is 2. The van der Waals surface area contributed by atoms with Crippen LogP contribution in [0.4, 0.5) is 5.95 Å². The normalized spacial score (nSPS) is 23.5. The van der Waals surface area contributed by atoms with Crippen molar-refractivity contribution in [2.45, 2.75) is 63.7 Å². The third-order valence-electron chi connectivity index (χ3n) is 10.9. The Bertz CT molecular complexity index is 1790. The van der Waals surface area contributed by atoms with Crippen LogP contribution in [0.15, 0.2) is 85.1 Å². The average Bonchev–Trinajstić information content (AvgIpc) is 3.81. The Morgan fingerprint density at radius 2 is 1.54 bits per heavy atom. The molecule has 4 aromatic rings. The number of nitrogens with one attached hydrogen (secondary N) is 1. The molecule has 1 saturated carbocycles. The molecular formula is C39H41N5O4. The number of carbonyl (C=O) groups is 2. The average molecular weight is 644 g/mol. The Labute approximate surface area is 281 Å². The Kier molecular flexibility index (Phi) is 7.67. The van der Waals surface area contributed by atoms with Crippen LogP contribution in [0.1, 0.15) is 77.1 Å². The molecule has 9 heteroatoms. The van der Waals surface area contributed by atoms with E-state index in [0.717, 1.165) is 49.3 Å². The molecule has 3 fully saturated rings. The second-order valence-corrected chi connectivity index (χ2v) is 14.3. The molecule has 0 bridgehead atoms. The van der Waals surface area contributed by atoms with Gasteiger partial charge in [-0.05, 0) is 73.0 Å². The lowest BCUT2D eigenvalue weighted by Gasteiger charge is -2.39. The molecule has 1 aromatic heterocycles. The summed E-state index contributed by atoms with van der Waals surface area (Å²) in [4.78, 5) is 38.7. The molecule has 3 aromatic carbocycles. The fourth-order valence-electron chi connectivity index (χ4n) is 7.69. The Morgan fingerprint density at radius 1 is 0.875 bits per heavy atom. The minimum absolute atomic E-state index is 0.0264. The summed E-state index contributed by atoms with van der Waals surface area (Å²) in [5.41, 5.74) is 4.36. The first kappa shape index (κ1) is 30.6. The number of hydrogen-bond donors (Lipinski definition) is 1. The molecule has 1 atom stereocenters. The third-order valence-corrected chi connectivity index (χ3v) is 10.9. The van der Waals surface area contributed by atoms with Gasteiger partial charge >= 0.3 is 0 Å². The van der Waals surface area contributed by atoms with E-state index in [1.54, 1.807) is 24.3 Å². The van der Waals surface area contributed by atoms with Crippen LogP contribution in [0, 0.1) is 5.41 Å². The molecule has 8 rings (SSSR count). The number of fused-ring (bicyclic) bond motifs is 1. The standard InChI is InChI=1S/C39H41N5O4/c1-38(2,27-9-13-31(14-10-27)48-32-21-29(22-32)44-35(45)33-5-3-4-6-34(33)36(44)46)26-7-11-30(12-8-26)47-23-28-15-18-41-37(42-28)43-20-17-39(25-43)16-19-40-24-39/h3-15,18,29,32,40H,16-17,19-25H2,1-2H3. The summed E-state index contributed by atoms with van der Waals surface area (Å²) in [6, 6.07) is 25.4. The number of anilines is 1. The second kappa shape index (κ2) is 12.0. The number of aromatic nitrogens is 2. The lowest BCUT2D eigenvalue weighted by molar-refractivity contribution is 0.0198. The number of benzene rings is 3. The first-order valence-electron chi connectivity index (χ1n) is 17.0. The second-order valence-electron chi connectivity index (χ2n) is 14.3. The molecule has 4 heterocycles. The zero-order valence-corrected chi connectivity index (χ0v) is 27.5. The maximum atomic E-state index is 12.8. The molecular weight excluding hydrogens is 602 g/mol. The van der Waals surface area contributed by atoms with E-state index in [2.05, 4.69) is 53.3 Å². The van der Waals surface area contributed by atoms with Crippen LogP contribution in [0.2, 0.25) is 0 Å². The minimum atomic E-state index is -0.229. The number of hydrogen-bond acceptors (Lipinski definition) is 8. The summed E-state index contributed by atoms with van der Waals surface area (Å²) in [6.07, 6.45) is 5.51. The van der Waals surface area contributed by atoms with Crippen LogP contribution >= 0.6 is 0 Å². The fraction of sp³-hybridized carbons (Fsp3) is 0.385. The molecule has 2 saturated heterocycles. The number of carbonyl (C=O) groups excluding carboxylic acids is 2. The van der Waals surface area contributed by atoms with Gasteiger partial charge in [-0.1, -0.05) is 50.2 Å². The molecule has 1 aliphatic carbocycles. The summed E-state index contributed by atoms with van der Waals surface area (Å²) in [7, 11) is 0. The molecule has 48 heavy (non-hydrogen) atoms. The van der Waals surface area contributed by atoms with Crippen molar-refractivity contribution in [1.29, 1.82) is 0 Å². The molecule has 1 spiro atoms. The van der Waals surface area contributed by atoms with Crippen LogP contribution in [0.25, 0.3) is 0 Å². The van der Waals surface area contributed by atoms with Gasteiger partial charge in [0, 0.05) is 55.5 Å². The summed E-state index contributed by atoms with van der Waals surface area (Å²) in [6.45, 7) is 9.02. The van der Waals surface area contributed by atoms with Gasteiger partial charge in [-0.25, -0.2) is 9.97 Å². The molecule has 3 aliphatic heterocycles. The van der Waals surface area contributed by atoms with E-state index >= 15 is 0 Å². The largest absolute Gasteiger partial charge is 0.490 e. The van der Waals surface area contributed by atoms with Crippen LogP contribution in [-0.4, -0.2) is 65.0 Å². The molecule has 246 valence electrons. The van der Waals surface area contributed by atoms with Gasteiger partial charge in [0.15, 0.2) is 0 Å². The van der Waals surface area contributed by atoms with Crippen molar-refractivity contribution >= 4 is 17.8 Å². The van der Waals surface area contributed by atoms with Gasteiger partial charge in [0.2, 0.25) is 5.95 Å². The predicted molar refractivity (Wildman–Crippen MR) is 183 cm³/mol. The quantitative estimate of drug-likeness (QED) is 0.230. The molecule has 2 amide bonds. The van der Waals surface area contributed by atoms with E-state index in [9.17, 15) is 9.59 Å². The van der Waals surface area contributed by atoms with Gasteiger partial charge in [0.25, 0.3) is 11.8 Å². The van der Waals surface area contributed by atoms with Gasteiger partial charge in [0.1, 0.15) is 24.2 Å². The number of nitrogens with zero attached hydrogens (tertiary/aromatic N) is 4. The van der Waals surface area contributed by atoms with E-state index in [0.29, 0.717) is 36.0 Å². The maximum Gasteiger partial charge on any atom is 0.261 e. The Balaban J connectivity index is 0.840. The lowest BCUT2D eigenvalue weighted by Crippen LogP contribution is -2.51. The van der Waals surface area contributed by atoms with Gasteiger partial charge in [-0.15, -0.1) is 0 Å². The summed E-state index contributed by atoms with van der Waals surface area (Å²) >= 11 is 0. The number of imide groups is 1. The van der Waals surface area contributed by atoms with Gasteiger partial charge in [-0.2, -0.15) is 0 Å². The SMILES string of the molecule is CC(C)(c1ccc(OCc2ccnc(N3CCC4(CCNC4)C3)n2)cc1)c1ccc(OC2CC(N3C(=O)c4ccccc4C3=O)C2)cc1. The van der Waals surface area contributed by atoms with Gasteiger partial charge in [0.05, 0.1) is 16.8 Å². The summed E-state index contributed by atoms with van der Waals surface area (Å²) in [5.74, 6) is 1.99. The van der Waals surface area contributed by atoms with E-state index in [1.165, 1.54) is 28.9 Å². The molecule has 1 N–H and O–H groups in total. The molecule has 4 aliphatic rings. The van der Waals surface area contributed by atoms with Crippen molar-refractivity contribution in [3.8, 4) is 11.5 Å². The van der Waals surface area contributed by atoms with Crippen molar-refractivity contribution < 1.29 is 19.1 Å². The van der Waals surface area contributed by atoms with Gasteiger partial charge < -0.3 is 19.7 Å². The van der Waals surface area contributed by atoms with E-state index in [1.807, 2.05) is 36.5 Å². The smallest absolute Gasteiger partial charge is 0.261 e. The number of rotatable bonds is 9. The monoisotopic (exact) mass is 643 g/mol. The highest BCUT2D eigenvalue weighted by Crippen LogP contribution is 2.38. The summed E-state index contributed by atoms with van der Waals surface area (Å²) < 4.78 is 12.4. The molecule has 0 radical (unpaired) electrons. The van der Waals surface area contributed by atoms with Crippen LogP contribution in [-0.2, 0) is 12.0 Å². The zero-order valence-electron chi connectivity index (χ0n) is 27.5. The highest BCUT2D eigenvalue weighted by molar-refractivity contribution is 6.21. The first-order chi connectivity index (χ1) is 23.3. The van der Waals surface area contributed by atoms with Crippen molar-refractivity contribution in [3.63, 3.8) is 0 Å². The van der Waals surface area contributed by atoms with Crippen molar-refractivity contribution in [2.75, 3.05) is 31.1 Å². The molecule has 9 nitrogen and oxygen atoms in total. The highest BCUT2D eigenvalue weighted by Gasteiger charge is 2.46. The van der Waals surface area contributed by atoms with E-state index < -0.39 is 0 Å². The maximum absolute atomic E-state index is 12.8. The minimum Gasteiger partial charge on any atom is -0.490 e. The predicted octanol–water partition coefficient (Wildman–Crippen LogP) is 5.78. The molecule has 1 unspecified atom stereocenters. The topological polar surface area (TPSA) is 96.9 Å². The van der Waals surface area contributed by atoms with E-state index in [-0.39, 0.29) is 29.4 Å². The fourth-order valence-corrected chi connectivity index (χ4v) is 7.69. The van der Waals surface area contributed by atoms with Gasteiger partial charge in [-0.3, -0.25) is 14.5 Å². The first-order valence-corrected chi connectivity index (χ1v) is 17.0. The van der Waals surface area contributed by atoms with Crippen molar-refractivity contribution in [3.05, 3.63) is 113 Å². The Hall–Kier alpha value is -4.76. The zero-order chi connectivity index (χ0) is 32.9. The third kappa shape index (κ3) is 5.60. The van der Waals surface area contributed by atoms with Crippen LogP contribution in [0.5, 0.6) is 11.5 Å². The van der Waals surface area contributed by atoms with E-state index in [4.69, 9.17) is 14.5 Å².